The molecular weight excluding hydrogens is 208 g/mol. The fraction of sp³-hybridized carbons (Fsp3) is 0.818. The van der Waals surface area contributed by atoms with Crippen LogP contribution in [0.4, 0.5) is 0 Å². The molecule has 0 aromatic rings. The van der Waals surface area contributed by atoms with Crippen LogP contribution in [0.3, 0.4) is 0 Å². The third kappa shape index (κ3) is 4.18. The first kappa shape index (κ1) is 13.0. The Hall–Kier alpha value is -1.10. The van der Waals surface area contributed by atoms with Crippen molar-refractivity contribution in [2.24, 2.45) is 0 Å². The zero-order chi connectivity index (χ0) is 12.0. The highest BCUT2D eigenvalue weighted by Crippen LogP contribution is 2.08. The lowest BCUT2D eigenvalue weighted by molar-refractivity contribution is -0.137. The second-order valence-electron chi connectivity index (χ2n) is 4.21. The summed E-state index contributed by atoms with van der Waals surface area (Å²) in [6.07, 6.45) is 2.90. The Morgan fingerprint density at radius 3 is 2.56 bits per heavy atom. The van der Waals surface area contributed by atoms with Crippen LogP contribution in [0.5, 0.6) is 0 Å². The minimum Gasteiger partial charge on any atom is -0.481 e. The lowest BCUT2D eigenvalue weighted by Gasteiger charge is -2.21. The lowest BCUT2D eigenvalue weighted by atomic mass is 10.2. The van der Waals surface area contributed by atoms with Crippen molar-refractivity contribution in [3.63, 3.8) is 0 Å². The van der Waals surface area contributed by atoms with E-state index in [1.54, 1.807) is 0 Å². The van der Waals surface area contributed by atoms with Gasteiger partial charge in [0.05, 0.1) is 6.04 Å². The molecule has 0 saturated carbocycles. The van der Waals surface area contributed by atoms with Gasteiger partial charge < -0.3 is 15.3 Å². The largest absolute Gasteiger partial charge is 0.481 e. The number of carbonyl (C=O) groups excluding carboxylic acids is 1. The number of likely N-dealkylation sites (tertiary alicyclic amines) is 1. The molecule has 5 nitrogen and oxygen atoms in total. The maximum absolute atomic E-state index is 11.8. The van der Waals surface area contributed by atoms with Crippen LogP contribution in [0.25, 0.3) is 0 Å². The number of carbonyl (C=O) groups is 2. The molecule has 1 aliphatic rings. The van der Waals surface area contributed by atoms with E-state index in [2.05, 4.69) is 5.32 Å². The number of nitrogens with zero attached hydrogens (tertiary/aromatic N) is 1. The maximum atomic E-state index is 11.8. The highest BCUT2D eigenvalue weighted by atomic mass is 16.4. The zero-order valence-electron chi connectivity index (χ0n) is 9.74. The summed E-state index contributed by atoms with van der Waals surface area (Å²) in [7, 11) is 0. The maximum Gasteiger partial charge on any atom is 0.303 e. The van der Waals surface area contributed by atoms with Crippen LogP contribution >= 0.6 is 0 Å². The smallest absolute Gasteiger partial charge is 0.303 e. The summed E-state index contributed by atoms with van der Waals surface area (Å²) in [6, 6.07) is -0.202. The first-order valence-electron chi connectivity index (χ1n) is 5.85. The van der Waals surface area contributed by atoms with Crippen molar-refractivity contribution >= 4 is 11.9 Å². The minimum absolute atomic E-state index is 0.132. The van der Waals surface area contributed by atoms with Gasteiger partial charge in [0.15, 0.2) is 0 Å². The molecule has 2 N–H and O–H groups in total. The summed E-state index contributed by atoms with van der Waals surface area (Å²) in [5.41, 5.74) is 0. The number of aliphatic carboxylic acids is 1. The van der Waals surface area contributed by atoms with E-state index < -0.39 is 5.97 Å². The number of hydrogen-bond donors (Lipinski definition) is 2. The lowest BCUT2D eigenvalue weighted by Crippen LogP contribution is -2.43. The monoisotopic (exact) mass is 228 g/mol. The van der Waals surface area contributed by atoms with Crippen molar-refractivity contribution in [3.8, 4) is 0 Å². The molecule has 0 spiro atoms. The van der Waals surface area contributed by atoms with E-state index in [0.717, 1.165) is 25.9 Å². The summed E-state index contributed by atoms with van der Waals surface area (Å²) >= 11 is 0. The van der Waals surface area contributed by atoms with Gasteiger partial charge in [0, 0.05) is 19.5 Å². The second-order valence-corrected chi connectivity index (χ2v) is 4.21. The van der Waals surface area contributed by atoms with Gasteiger partial charge in [0.25, 0.3) is 0 Å². The molecule has 0 aromatic heterocycles. The third-order valence-corrected chi connectivity index (χ3v) is 2.81. The first-order chi connectivity index (χ1) is 7.61. The van der Waals surface area contributed by atoms with Crippen molar-refractivity contribution in [2.75, 3.05) is 19.6 Å². The molecule has 1 aliphatic heterocycles. The van der Waals surface area contributed by atoms with E-state index in [1.165, 1.54) is 0 Å². The SMILES string of the molecule is CC(NCCCC(=O)O)C(=O)N1CCCC1. The van der Waals surface area contributed by atoms with E-state index >= 15 is 0 Å². The van der Waals surface area contributed by atoms with Crippen molar-refractivity contribution in [1.29, 1.82) is 0 Å². The van der Waals surface area contributed by atoms with Gasteiger partial charge in [-0.25, -0.2) is 0 Å². The molecular formula is C11H20N2O3. The fourth-order valence-corrected chi connectivity index (χ4v) is 1.86. The fourth-order valence-electron chi connectivity index (χ4n) is 1.86. The number of hydrogen-bond acceptors (Lipinski definition) is 3. The van der Waals surface area contributed by atoms with Crippen LogP contribution in [-0.4, -0.2) is 47.6 Å². The Morgan fingerprint density at radius 1 is 1.38 bits per heavy atom. The Labute approximate surface area is 95.8 Å². The van der Waals surface area contributed by atoms with E-state index in [1.807, 2.05) is 11.8 Å². The summed E-state index contributed by atoms with van der Waals surface area (Å²) in [5, 5.41) is 11.5. The molecule has 1 fully saturated rings. The third-order valence-electron chi connectivity index (χ3n) is 2.81. The van der Waals surface area contributed by atoms with Gasteiger partial charge in [0.2, 0.25) is 5.91 Å². The van der Waals surface area contributed by atoms with Crippen LogP contribution in [0.1, 0.15) is 32.6 Å². The van der Waals surface area contributed by atoms with Crippen LogP contribution in [-0.2, 0) is 9.59 Å². The average molecular weight is 228 g/mol. The van der Waals surface area contributed by atoms with Crippen molar-refractivity contribution in [3.05, 3.63) is 0 Å². The van der Waals surface area contributed by atoms with E-state index in [-0.39, 0.29) is 18.4 Å². The van der Waals surface area contributed by atoms with Crippen LogP contribution in [0, 0.1) is 0 Å². The van der Waals surface area contributed by atoms with Gasteiger partial charge in [-0.2, -0.15) is 0 Å². The van der Waals surface area contributed by atoms with Crippen molar-refractivity contribution in [2.45, 2.75) is 38.6 Å². The van der Waals surface area contributed by atoms with E-state index in [9.17, 15) is 9.59 Å². The molecule has 1 rings (SSSR count). The molecule has 1 amide bonds. The normalized spacial score (nSPS) is 17.4. The van der Waals surface area contributed by atoms with E-state index in [4.69, 9.17) is 5.11 Å². The number of carboxylic acid groups (broad SMARTS) is 1. The highest BCUT2D eigenvalue weighted by Gasteiger charge is 2.22. The van der Waals surface area contributed by atoms with Gasteiger partial charge in [-0.05, 0) is 32.7 Å². The number of nitrogens with one attached hydrogen (secondary N) is 1. The molecule has 1 unspecified atom stereocenters. The van der Waals surface area contributed by atoms with Crippen LogP contribution in [0.15, 0.2) is 0 Å². The topological polar surface area (TPSA) is 69.6 Å². The van der Waals surface area contributed by atoms with Gasteiger partial charge in [-0.3, -0.25) is 9.59 Å². The minimum atomic E-state index is -0.791. The molecule has 0 aromatic carbocycles. The van der Waals surface area contributed by atoms with Crippen LogP contribution in [0.2, 0.25) is 0 Å². The molecule has 1 saturated heterocycles. The Balaban J connectivity index is 2.15. The molecule has 1 heterocycles. The summed E-state index contributed by atoms with van der Waals surface area (Å²) in [4.78, 5) is 24.0. The standard InChI is InChI=1S/C11H20N2O3/c1-9(12-6-4-5-10(14)15)11(16)13-7-2-3-8-13/h9,12H,2-8H2,1H3,(H,14,15). The predicted octanol–water partition coefficient (Wildman–Crippen LogP) is 0.452. The molecule has 16 heavy (non-hydrogen) atoms. The Bertz CT molecular complexity index is 250. The summed E-state index contributed by atoms with van der Waals surface area (Å²) in [5.74, 6) is -0.659. The van der Waals surface area contributed by atoms with Gasteiger partial charge in [0.1, 0.15) is 0 Å². The molecule has 5 heteroatoms. The number of rotatable bonds is 6. The summed E-state index contributed by atoms with van der Waals surface area (Å²) < 4.78 is 0. The second kappa shape index (κ2) is 6.48. The Kier molecular flexibility index (Phi) is 5.25. The molecule has 0 aliphatic carbocycles. The Morgan fingerprint density at radius 2 is 2.00 bits per heavy atom. The first-order valence-corrected chi connectivity index (χ1v) is 5.85. The average Bonchev–Trinajstić information content (AvgIpc) is 2.76. The number of amides is 1. The van der Waals surface area contributed by atoms with Gasteiger partial charge in [-0.1, -0.05) is 0 Å². The zero-order valence-corrected chi connectivity index (χ0v) is 9.74. The van der Waals surface area contributed by atoms with Crippen LogP contribution < -0.4 is 5.32 Å². The quantitative estimate of drug-likeness (QED) is 0.648. The van der Waals surface area contributed by atoms with Crippen molar-refractivity contribution < 1.29 is 14.7 Å². The van der Waals surface area contributed by atoms with Gasteiger partial charge >= 0.3 is 5.97 Å². The molecule has 0 radical (unpaired) electrons. The molecule has 1 atom stereocenters. The molecule has 92 valence electrons. The predicted molar refractivity (Wildman–Crippen MR) is 60.1 cm³/mol. The number of carboxylic acids is 1. The summed E-state index contributed by atoms with van der Waals surface area (Å²) in [6.45, 7) is 4.13. The molecule has 0 bridgehead atoms. The van der Waals surface area contributed by atoms with Gasteiger partial charge in [-0.15, -0.1) is 0 Å². The van der Waals surface area contributed by atoms with E-state index in [0.29, 0.717) is 13.0 Å². The van der Waals surface area contributed by atoms with Crippen molar-refractivity contribution in [1.82, 2.24) is 10.2 Å². The highest BCUT2D eigenvalue weighted by molar-refractivity contribution is 5.81.